The minimum atomic E-state index is -4.42. The van der Waals surface area contributed by atoms with E-state index in [1.807, 2.05) is 6.07 Å². The van der Waals surface area contributed by atoms with Crippen LogP contribution in [0.5, 0.6) is 5.75 Å². The van der Waals surface area contributed by atoms with E-state index in [1.165, 1.54) is 68.1 Å². The predicted octanol–water partition coefficient (Wildman–Crippen LogP) is 5.58. The number of ether oxygens (including phenoxy) is 1. The van der Waals surface area contributed by atoms with Gasteiger partial charge in [0.15, 0.2) is 5.82 Å². The Morgan fingerprint density at radius 3 is 2.57 bits per heavy atom. The van der Waals surface area contributed by atoms with Crippen molar-refractivity contribution in [3.63, 3.8) is 0 Å². The molecule has 0 fully saturated rings. The largest absolute Gasteiger partial charge is 0.495 e. The molecule has 0 aliphatic rings. The van der Waals surface area contributed by atoms with Gasteiger partial charge in [-0.25, -0.2) is 26.5 Å². The van der Waals surface area contributed by atoms with Gasteiger partial charge in [-0.1, -0.05) is 23.4 Å². The van der Waals surface area contributed by atoms with Crippen LogP contribution in [0.25, 0.3) is 21.9 Å². The van der Waals surface area contributed by atoms with Crippen molar-refractivity contribution in [2.45, 2.75) is 4.90 Å². The molecule has 0 aliphatic carbocycles. The van der Waals surface area contributed by atoms with Crippen molar-refractivity contribution in [3.8, 4) is 22.9 Å². The number of benzene rings is 3. The van der Waals surface area contributed by atoms with E-state index in [4.69, 9.17) is 14.5 Å². The lowest BCUT2D eigenvalue weighted by molar-refractivity contribution is 0.413. The summed E-state index contributed by atoms with van der Waals surface area (Å²) in [6.07, 6.45) is 2.64. The molecule has 0 unspecified atom stereocenters. The molecule has 0 amide bonds. The average Bonchev–Trinajstić information content (AvgIpc) is 3.42. The van der Waals surface area contributed by atoms with Crippen molar-refractivity contribution in [1.82, 2.24) is 10.1 Å². The van der Waals surface area contributed by atoms with Gasteiger partial charge in [0.25, 0.3) is 10.0 Å². The Hall–Kier alpha value is -4.82. The summed E-state index contributed by atoms with van der Waals surface area (Å²) in [6, 6.07) is 16.6. The maximum atomic E-state index is 15.4. The number of methoxy groups -OCH3 is 1. The van der Waals surface area contributed by atoms with E-state index in [1.54, 1.807) is 6.07 Å². The second kappa shape index (κ2) is 9.33. The molecule has 0 radical (unpaired) electrons. The zero-order valence-electron chi connectivity index (χ0n) is 19.1. The monoisotopic (exact) mass is 518 g/mol. The molecule has 5 rings (SSSR count). The number of hydrogen-bond acceptors (Lipinski definition) is 7. The molecule has 0 saturated heterocycles. The van der Waals surface area contributed by atoms with E-state index in [-0.39, 0.29) is 39.0 Å². The fraction of sp³-hybridized carbons (Fsp3) is 0.0385. The zero-order chi connectivity index (χ0) is 26.2. The Morgan fingerprint density at radius 1 is 1.03 bits per heavy atom. The molecule has 184 valence electrons. The summed E-state index contributed by atoms with van der Waals surface area (Å²) in [5.41, 5.74) is 0.197. The SMILES string of the molecule is COc1cc(-c2cccc(F)c2)c(F)cc1N(c1ccon1)S(=O)(=O)c1ccc2cnc(C#N)cc2c1. The summed E-state index contributed by atoms with van der Waals surface area (Å²) >= 11 is 0. The van der Waals surface area contributed by atoms with Crippen molar-refractivity contribution < 1.29 is 26.5 Å². The predicted molar refractivity (Wildman–Crippen MR) is 131 cm³/mol. The highest BCUT2D eigenvalue weighted by Gasteiger charge is 2.32. The molecular weight excluding hydrogens is 502 g/mol. The molecule has 2 aromatic heterocycles. The first kappa shape index (κ1) is 23.9. The molecule has 0 spiro atoms. The number of fused-ring (bicyclic) bond motifs is 1. The number of hydrogen-bond donors (Lipinski definition) is 0. The molecule has 0 atom stereocenters. The van der Waals surface area contributed by atoms with E-state index in [0.29, 0.717) is 10.8 Å². The Kier molecular flexibility index (Phi) is 6.02. The molecule has 0 N–H and O–H groups in total. The lowest BCUT2D eigenvalue weighted by Crippen LogP contribution is -2.27. The van der Waals surface area contributed by atoms with Crippen molar-refractivity contribution in [1.29, 1.82) is 5.26 Å². The van der Waals surface area contributed by atoms with Crippen molar-refractivity contribution >= 4 is 32.3 Å². The van der Waals surface area contributed by atoms with Crippen molar-refractivity contribution in [3.05, 3.63) is 96.5 Å². The van der Waals surface area contributed by atoms with Gasteiger partial charge in [0.1, 0.15) is 41.1 Å². The van der Waals surface area contributed by atoms with Crippen molar-refractivity contribution in [2.75, 3.05) is 11.4 Å². The first-order chi connectivity index (χ1) is 17.8. The van der Waals surface area contributed by atoms with E-state index in [0.717, 1.165) is 16.4 Å². The molecule has 8 nitrogen and oxygen atoms in total. The third-order valence-corrected chi connectivity index (χ3v) is 7.32. The first-order valence-corrected chi connectivity index (χ1v) is 12.1. The summed E-state index contributed by atoms with van der Waals surface area (Å²) in [6.45, 7) is 0. The number of pyridine rings is 1. The van der Waals surface area contributed by atoms with Gasteiger partial charge in [-0.15, -0.1) is 0 Å². The highest BCUT2D eigenvalue weighted by molar-refractivity contribution is 7.93. The van der Waals surface area contributed by atoms with Crippen LogP contribution in [0.15, 0.2) is 88.6 Å². The van der Waals surface area contributed by atoms with E-state index >= 15 is 4.39 Å². The van der Waals surface area contributed by atoms with Crippen LogP contribution in [-0.4, -0.2) is 25.7 Å². The third-order valence-electron chi connectivity index (χ3n) is 5.60. The van der Waals surface area contributed by atoms with E-state index in [9.17, 15) is 12.8 Å². The summed E-state index contributed by atoms with van der Waals surface area (Å²) in [7, 11) is -3.12. The zero-order valence-corrected chi connectivity index (χ0v) is 19.9. The van der Waals surface area contributed by atoms with Crippen LogP contribution in [0.4, 0.5) is 20.3 Å². The number of rotatable bonds is 6. The Bertz CT molecular complexity index is 1780. The van der Waals surface area contributed by atoms with E-state index < -0.39 is 21.7 Å². The maximum Gasteiger partial charge on any atom is 0.270 e. The summed E-state index contributed by atoms with van der Waals surface area (Å²) in [5.74, 6) is -1.53. The standard InChI is InChI=1S/C26H16F2N4O4S/c1-35-25-12-22(16-3-2-4-19(27)9-16)23(28)13-24(25)32(26-7-8-36-31-26)37(33,34)21-6-5-17-15-30-20(14-29)10-18(17)11-21/h2-13,15H,1H3. The Balaban J connectivity index is 1.70. The van der Waals surface area contributed by atoms with Gasteiger partial charge in [-0.2, -0.15) is 5.26 Å². The second-order valence-electron chi connectivity index (χ2n) is 7.83. The Labute approximate surface area is 210 Å². The minimum Gasteiger partial charge on any atom is -0.495 e. The van der Waals surface area contributed by atoms with Gasteiger partial charge >= 0.3 is 0 Å². The quantitative estimate of drug-likeness (QED) is 0.289. The molecule has 0 bridgehead atoms. The van der Waals surface area contributed by atoms with Crippen LogP contribution in [0.2, 0.25) is 0 Å². The van der Waals surface area contributed by atoms with Crippen molar-refractivity contribution in [2.24, 2.45) is 0 Å². The summed E-state index contributed by atoms with van der Waals surface area (Å²) < 4.78 is 68.2. The fourth-order valence-corrected chi connectivity index (χ4v) is 5.34. The average molecular weight is 519 g/mol. The smallest absolute Gasteiger partial charge is 0.270 e. The number of aromatic nitrogens is 2. The van der Waals surface area contributed by atoms with Crippen LogP contribution < -0.4 is 9.04 Å². The molecule has 0 saturated carbocycles. The minimum absolute atomic E-state index is 0.0102. The molecule has 0 aliphatic heterocycles. The summed E-state index contributed by atoms with van der Waals surface area (Å²) in [5, 5.41) is 14.0. The van der Waals surface area contributed by atoms with Crippen LogP contribution in [0.3, 0.4) is 0 Å². The van der Waals surface area contributed by atoms with Gasteiger partial charge in [0, 0.05) is 29.3 Å². The second-order valence-corrected chi connectivity index (χ2v) is 9.62. The normalized spacial score (nSPS) is 11.3. The first-order valence-electron chi connectivity index (χ1n) is 10.7. The molecule has 2 heterocycles. The number of sulfonamides is 1. The van der Waals surface area contributed by atoms with Gasteiger partial charge < -0.3 is 9.26 Å². The number of nitriles is 1. The topological polar surface area (TPSA) is 109 Å². The van der Waals surface area contributed by atoms with E-state index in [2.05, 4.69) is 10.1 Å². The number of nitrogens with zero attached hydrogens (tertiary/aromatic N) is 4. The Morgan fingerprint density at radius 2 is 1.86 bits per heavy atom. The molecule has 5 aromatic rings. The van der Waals surface area contributed by atoms with Crippen LogP contribution in [0.1, 0.15) is 5.69 Å². The van der Waals surface area contributed by atoms with Gasteiger partial charge in [0.2, 0.25) is 0 Å². The highest BCUT2D eigenvalue weighted by Crippen LogP contribution is 2.41. The molecule has 37 heavy (non-hydrogen) atoms. The van der Waals surface area contributed by atoms with Gasteiger partial charge in [-0.05, 0) is 47.3 Å². The van der Waals surface area contributed by atoms with Crippen LogP contribution in [0, 0.1) is 23.0 Å². The maximum absolute atomic E-state index is 15.4. The number of halogens is 2. The summed E-state index contributed by atoms with van der Waals surface area (Å²) in [4.78, 5) is 3.83. The third kappa shape index (κ3) is 4.34. The molecule has 11 heteroatoms. The number of anilines is 2. The lowest BCUT2D eigenvalue weighted by atomic mass is 10.0. The van der Waals surface area contributed by atoms with Gasteiger partial charge in [-0.3, -0.25) is 0 Å². The fourth-order valence-electron chi connectivity index (χ4n) is 3.88. The van der Waals surface area contributed by atoms with Crippen LogP contribution in [-0.2, 0) is 10.0 Å². The van der Waals surface area contributed by atoms with Gasteiger partial charge in [0.05, 0.1) is 12.0 Å². The lowest BCUT2D eigenvalue weighted by Gasteiger charge is -2.24. The van der Waals surface area contributed by atoms with Crippen LogP contribution >= 0.6 is 0 Å². The molecule has 3 aromatic carbocycles. The molecular formula is C26H16F2N4O4S. The highest BCUT2D eigenvalue weighted by atomic mass is 32.2.